The maximum absolute atomic E-state index is 14.7. The lowest BCUT2D eigenvalue weighted by Gasteiger charge is -2.43. The lowest BCUT2D eigenvalue weighted by atomic mass is 9.96. The summed E-state index contributed by atoms with van der Waals surface area (Å²) in [5, 5.41) is 0. The number of amides is 1. The number of anilines is 1. The zero-order valence-electron chi connectivity index (χ0n) is 17.2. The largest absolute Gasteiger partial charge is 0.337 e. The molecular formula is C22H27FN4O2S. The topological polar surface area (TPSA) is 66.4 Å². The molecule has 30 heavy (non-hydrogen) atoms. The van der Waals surface area contributed by atoms with Gasteiger partial charge >= 0.3 is 0 Å². The van der Waals surface area contributed by atoms with Crippen LogP contribution in [0.25, 0.3) is 0 Å². The van der Waals surface area contributed by atoms with Crippen molar-refractivity contribution in [1.29, 1.82) is 0 Å². The summed E-state index contributed by atoms with van der Waals surface area (Å²) in [4.78, 5) is 26.0. The molecule has 1 aromatic heterocycles. The molecule has 0 spiro atoms. The molecule has 1 aromatic carbocycles. The van der Waals surface area contributed by atoms with E-state index in [0.717, 1.165) is 5.56 Å². The fraction of sp³-hybridized carbons (Fsp3) is 0.455. The van der Waals surface area contributed by atoms with Gasteiger partial charge in [0.1, 0.15) is 5.82 Å². The molecule has 1 atom stereocenters. The molecule has 0 bridgehead atoms. The Bertz CT molecular complexity index is 1010. The number of piperazine rings is 1. The van der Waals surface area contributed by atoms with Crippen molar-refractivity contribution in [2.24, 2.45) is 5.92 Å². The maximum atomic E-state index is 14.7. The highest BCUT2D eigenvalue weighted by Gasteiger charge is 2.37. The summed E-state index contributed by atoms with van der Waals surface area (Å²) >= 11 is 0. The molecule has 8 heteroatoms. The van der Waals surface area contributed by atoms with E-state index >= 15 is 0 Å². The Morgan fingerprint density at radius 3 is 2.50 bits per heavy atom. The first-order valence-electron chi connectivity index (χ1n) is 10.3. The van der Waals surface area contributed by atoms with Gasteiger partial charge in [0.2, 0.25) is 11.9 Å². The molecule has 1 amide bonds. The first-order chi connectivity index (χ1) is 14.3. The van der Waals surface area contributed by atoms with Gasteiger partial charge in [-0.05, 0) is 46.8 Å². The van der Waals surface area contributed by atoms with E-state index in [9.17, 15) is 13.4 Å². The highest BCUT2D eigenvalue weighted by Crippen LogP contribution is 2.32. The summed E-state index contributed by atoms with van der Waals surface area (Å²) in [7, 11) is -2.06. The van der Waals surface area contributed by atoms with Gasteiger partial charge in [-0.1, -0.05) is 18.2 Å². The number of rotatable bonds is 3. The van der Waals surface area contributed by atoms with Gasteiger partial charge in [-0.15, -0.1) is 0 Å². The van der Waals surface area contributed by atoms with Crippen LogP contribution in [0.4, 0.5) is 10.3 Å². The third-order valence-electron chi connectivity index (χ3n) is 6.00. The second-order valence-corrected chi connectivity index (χ2v) is 11.0. The third kappa shape index (κ3) is 4.33. The zero-order chi connectivity index (χ0) is 21.3. The lowest BCUT2D eigenvalue weighted by molar-refractivity contribution is -0.138. The van der Waals surface area contributed by atoms with Crippen molar-refractivity contribution in [1.82, 2.24) is 14.9 Å². The van der Waals surface area contributed by atoms with Crippen LogP contribution in [0.5, 0.6) is 0 Å². The molecule has 2 saturated heterocycles. The van der Waals surface area contributed by atoms with Gasteiger partial charge in [0.25, 0.3) is 0 Å². The average Bonchev–Trinajstić information content (AvgIpc) is 2.74. The molecule has 0 N–H and O–H groups in total. The first kappa shape index (κ1) is 20.8. The van der Waals surface area contributed by atoms with Crippen LogP contribution in [0.15, 0.2) is 36.7 Å². The summed E-state index contributed by atoms with van der Waals surface area (Å²) in [6.45, 7) is 3.40. The quantitative estimate of drug-likeness (QED) is 0.700. The zero-order valence-corrected chi connectivity index (χ0v) is 18.0. The fourth-order valence-electron chi connectivity index (χ4n) is 4.23. The van der Waals surface area contributed by atoms with Crippen LogP contribution in [0.2, 0.25) is 0 Å². The summed E-state index contributed by atoms with van der Waals surface area (Å²) < 4.78 is 26.9. The molecule has 0 aliphatic carbocycles. The molecule has 2 aromatic rings. The minimum atomic E-state index is -2.06. The van der Waals surface area contributed by atoms with Crippen molar-refractivity contribution in [3.8, 4) is 0 Å². The second kappa shape index (κ2) is 8.34. The summed E-state index contributed by atoms with van der Waals surface area (Å²) in [6.07, 6.45) is 4.67. The van der Waals surface area contributed by atoms with Crippen LogP contribution in [-0.4, -0.2) is 62.0 Å². The van der Waals surface area contributed by atoms with Crippen molar-refractivity contribution in [3.63, 3.8) is 0 Å². The Morgan fingerprint density at radius 1 is 1.17 bits per heavy atom. The van der Waals surface area contributed by atoms with E-state index < -0.39 is 15.6 Å². The van der Waals surface area contributed by atoms with Crippen molar-refractivity contribution in [2.75, 3.05) is 36.0 Å². The SMILES string of the molecule is C=S1(=O)CCC(C(=O)N2CCN(c3ncc(C)cn3)CC2c2ccccc2F)CC1. The predicted molar refractivity (Wildman–Crippen MR) is 118 cm³/mol. The van der Waals surface area contributed by atoms with Gasteiger partial charge in [0, 0.05) is 55.0 Å². The van der Waals surface area contributed by atoms with E-state index in [4.69, 9.17) is 0 Å². The van der Waals surface area contributed by atoms with Crippen LogP contribution in [0.1, 0.15) is 30.0 Å². The van der Waals surface area contributed by atoms with Gasteiger partial charge in [-0.2, -0.15) is 0 Å². The Balaban J connectivity index is 1.60. The number of hydrogen-bond donors (Lipinski definition) is 0. The number of benzene rings is 1. The maximum Gasteiger partial charge on any atom is 0.226 e. The van der Waals surface area contributed by atoms with Gasteiger partial charge in [0.15, 0.2) is 0 Å². The van der Waals surface area contributed by atoms with E-state index in [1.807, 2.05) is 11.8 Å². The first-order valence-corrected chi connectivity index (χ1v) is 12.3. The van der Waals surface area contributed by atoms with Crippen molar-refractivity contribution in [2.45, 2.75) is 25.8 Å². The Hall–Kier alpha value is -2.48. The van der Waals surface area contributed by atoms with Crippen molar-refractivity contribution < 1.29 is 13.4 Å². The monoisotopic (exact) mass is 430 g/mol. The van der Waals surface area contributed by atoms with E-state index in [0.29, 0.717) is 55.5 Å². The third-order valence-corrected chi connectivity index (χ3v) is 7.96. The Kier molecular flexibility index (Phi) is 5.77. The number of aryl methyl sites for hydroxylation is 1. The second-order valence-electron chi connectivity index (χ2n) is 8.22. The normalized spacial score (nSPS) is 27.1. The smallest absolute Gasteiger partial charge is 0.226 e. The molecule has 3 heterocycles. The number of hydrogen-bond acceptors (Lipinski definition) is 5. The molecule has 1 unspecified atom stereocenters. The molecule has 6 nitrogen and oxygen atoms in total. The van der Waals surface area contributed by atoms with Gasteiger partial charge in [0.05, 0.1) is 6.04 Å². The number of aromatic nitrogens is 2. The van der Waals surface area contributed by atoms with Crippen LogP contribution < -0.4 is 4.90 Å². The summed E-state index contributed by atoms with van der Waals surface area (Å²) in [5.41, 5.74) is 1.47. The van der Waals surface area contributed by atoms with Gasteiger partial charge in [-0.25, -0.2) is 14.4 Å². The summed E-state index contributed by atoms with van der Waals surface area (Å²) in [5.74, 6) is 4.84. The molecule has 2 fully saturated rings. The van der Waals surface area contributed by atoms with E-state index in [-0.39, 0.29) is 17.6 Å². The molecule has 2 aliphatic heterocycles. The lowest BCUT2D eigenvalue weighted by Crippen LogP contribution is -2.53. The summed E-state index contributed by atoms with van der Waals surface area (Å²) in [6, 6.07) is 6.19. The standard InChI is InChI=1S/C22H27FN4O2S/c1-16-13-24-22(25-14-16)26-9-10-27(20(15-26)18-5-3-4-6-19(18)23)21(28)17-7-11-30(2,29)12-8-17/h3-6,13-14,17,20H,2,7-12,15H2,1H3. The van der Waals surface area contributed by atoms with Crippen LogP contribution in [-0.2, 0) is 14.3 Å². The van der Waals surface area contributed by atoms with Gasteiger partial charge in [-0.3, -0.25) is 9.00 Å². The molecule has 4 rings (SSSR count). The van der Waals surface area contributed by atoms with E-state index in [1.54, 1.807) is 35.5 Å². The van der Waals surface area contributed by atoms with Crippen LogP contribution in [0, 0.1) is 18.7 Å². The van der Waals surface area contributed by atoms with Crippen molar-refractivity contribution >= 4 is 27.2 Å². The van der Waals surface area contributed by atoms with Crippen LogP contribution >= 0.6 is 0 Å². The molecule has 2 aliphatic rings. The van der Waals surface area contributed by atoms with Gasteiger partial charge < -0.3 is 9.80 Å². The van der Waals surface area contributed by atoms with Crippen LogP contribution in [0.3, 0.4) is 0 Å². The Morgan fingerprint density at radius 2 is 1.83 bits per heavy atom. The number of carbonyl (C=O) groups is 1. The fourth-order valence-corrected chi connectivity index (χ4v) is 5.86. The molecule has 0 saturated carbocycles. The Labute approximate surface area is 177 Å². The number of nitrogens with zero attached hydrogens (tertiary/aromatic N) is 4. The minimum Gasteiger partial charge on any atom is -0.337 e. The number of carbonyl (C=O) groups excluding carboxylic acids is 1. The minimum absolute atomic E-state index is 0.0163. The predicted octanol–water partition coefficient (Wildman–Crippen LogP) is 2.44. The van der Waals surface area contributed by atoms with Crippen molar-refractivity contribution in [3.05, 3.63) is 53.6 Å². The van der Waals surface area contributed by atoms with E-state index in [1.165, 1.54) is 6.07 Å². The van der Waals surface area contributed by atoms with E-state index in [2.05, 4.69) is 15.8 Å². The highest BCUT2D eigenvalue weighted by atomic mass is 32.2. The number of halogens is 1. The molecule has 0 radical (unpaired) electrons. The average molecular weight is 431 g/mol. The highest BCUT2D eigenvalue weighted by molar-refractivity contribution is 8.00. The molecular weight excluding hydrogens is 403 g/mol. The molecule has 160 valence electrons.